The number of nitrogen functional groups attached to an aromatic ring is 1. The standard InChI is InChI=1S/C18H19N5O2/c1-22-6-8-23(9-7-22)18(25)11-2-3-12-13(10-11)15-14(19)4-5-20-16(15)21-17(12)24/h2-5,10H,6-9H2,1H3,(H3,19,20,21,24). The highest BCUT2D eigenvalue weighted by atomic mass is 16.2. The maximum absolute atomic E-state index is 12.8. The summed E-state index contributed by atoms with van der Waals surface area (Å²) in [6, 6.07) is 6.83. The number of pyridine rings is 2. The molecule has 0 atom stereocenters. The third kappa shape index (κ3) is 2.62. The molecular weight excluding hydrogens is 318 g/mol. The number of fused-ring (bicyclic) bond motifs is 3. The number of carbonyl (C=O) groups is 1. The number of nitrogens with zero attached hydrogens (tertiary/aromatic N) is 3. The first kappa shape index (κ1) is 15.6. The lowest BCUT2D eigenvalue weighted by molar-refractivity contribution is 0.0664. The molecule has 3 heterocycles. The third-order valence-corrected chi connectivity index (χ3v) is 4.79. The molecule has 7 heteroatoms. The third-order valence-electron chi connectivity index (χ3n) is 4.79. The van der Waals surface area contributed by atoms with E-state index in [9.17, 15) is 9.59 Å². The van der Waals surface area contributed by atoms with E-state index in [4.69, 9.17) is 5.73 Å². The zero-order chi connectivity index (χ0) is 17.6. The summed E-state index contributed by atoms with van der Waals surface area (Å²) in [5.41, 5.74) is 7.37. The Morgan fingerprint density at radius 3 is 2.68 bits per heavy atom. The second-order valence-electron chi connectivity index (χ2n) is 6.43. The van der Waals surface area contributed by atoms with Crippen LogP contribution >= 0.6 is 0 Å². The molecule has 0 spiro atoms. The molecule has 0 radical (unpaired) electrons. The highest BCUT2D eigenvalue weighted by Gasteiger charge is 2.21. The highest BCUT2D eigenvalue weighted by molar-refractivity contribution is 6.12. The number of benzene rings is 1. The number of hydrogen-bond acceptors (Lipinski definition) is 5. The van der Waals surface area contributed by atoms with Gasteiger partial charge in [-0.1, -0.05) is 0 Å². The Balaban J connectivity index is 1.85. The van der Waals surface area contributed by atoms with Crippen LogP contribution in [-0.4, -0.2) is 58.9 Å². The van der Waals surface area contributed by atoms with Crippen molar-refractivity contribution in [1.82, 2.24) is 19.8 Å². The van der Waals surface area contributed by atoms with Crippen molar-refractivity contribution in [3.05, 3.63) is 46.4 Å². The summed E-state index contributed by atoms with van der Waals surface area (Å²) < 4.78 is 0. The average Bonchev–Trinajstić information content (AvgIpc) is 2.61. The van der Waals surface area contributed by atoms with Crippen molar-refractivity contribution in [1.29, 1.82) is 0 Å². The van der Waals surface area contributed by atoms with Crippen LogP contribution in [0.2, 0.25) is 0 Å². The SMILES string of the molecule is CN1CCN(C(=O)c2ccc3c(=O)[nH]c4nccc(N)c4c3c2)CC1. The second-order valence-corrected chi connectivity index (χ2v) is 6.43. The minimum atomic E-state index is -0.237. The molecular formula is C18H19N5O2. The summed E-state index contributed by atoms with van der Waals surface area (Å²) in [5, 5.41) is 1.83. The lowest BCUT2D eigenvalue weighted by atomic mass is 10.0. The van der Waals surface area contributed by atoms with Gasteiger partial charge in [-0.25, -0.2) is 4.98 Å². The van der Waals surface area contributed by atoms with Crippen molar-refractivity contribution < 1.29 is 4.79 Å². The van der Waals surface area contributed by atoms with Crippen molar-refractivity contribution >= 4 is 33.4 Å². The number of aromatic nitrogens is 2. The minimum absolute atomic E-state index is 0.0223. The normalized spacial score (nSPS) is 15.8. The molecule has 1 saturated heterocycles. The highest BCUT2D eigenvalue weighted by Crippen LogP contribution is 2.26. The van der Waals surface area contributed by atoms with Crippen LogP contribution in [0.25, 0.3) is 21.8 Å². The summed E-state index contributed by atoms with van der Waals surface area (Å²) in [7, 11) is 2.05. The maximum atomic E-state index is 12.8. The van der Waals surface area contributed by atoms with Crippen LogP contribution in [-0.2, 0) is 0 Å². The predicted octanol–water partition coefficient (Wildman–Crippen LogP) is 1.05. The predicted molar refractivity (Wildman–Crippen MR) is 97.7 cm³/mol. The molecule has 2 aromatic heterocycles. The van der Waals surface area contributed by atoms with E-state index in [1.54, 1.807) is 30.5 Å². The van der Waals surface area contributed by atoms with Crippen LogP contribution in [0.3, 0.4) is 0 Å². The molecule has 1 fully saturated rings. The largest absolute Gasteiger partial charge is 0.398 e. The van der Waals surface area contributed by atoms with Gasteiger partial charge in [0.15, 0.2) is 0 Å². The summed E-state index contributed by atoms with van der Waals surface area (Å²) in [6.45, 7) is 3.12. The molecule has 7 nitrogen and oxygen atoms in total. The van der Waals surface area contributed by atoms with Crippen LogP contribution in [0.4, 0.5) is 5.69 Å². The number of carbonyl (C=O) groups excluding carboxylic acids is 1. The Bertz CT molecular complexity index is 1030. The summed E-state index contributed by atoms with van der Waals surface area (Å²) in [4.78, 5) is 36.1. The van der Waals surface area contributed by atoms with Gasteiger partial charge in [-0.05, 0) is 31.3 Å². The number of rotatable bonds is 1. The number of amides is 1. The average molecular weight is 337 g/mol. The molecule has 0 saturated carbocycles. The number of nitrogens with one attached hydrogen (secondary N) is 1. The Labute approximate surface area is 144 Å². The molecule has 25 heavy (non-hydrogen) atoms. The van der Waals surface area contributed by atoms with E-state index in [1.807, 2.05) is 11.9 Å². The van der Waals surface area contributed by atoms with Crippen LogP contribution in [0.5, 0.6) is 0 Å². The fourth-order valence-corrected chi connectivity index (χ4v) is 3.30. The van der Waals surface area contributed by atoms with Crippen molar-refractivity contribution in [2.45, 2.75) is 0 Å². The molecule has 0 bridgehead atoms. The van der Waals surface area contributed by atoms with Gasteiger partial charge in [0.25, 0.3) is 11.5 Å². The molecule has 0 aliphatic carbocycles. The number of hydrogen-bond donors (Lipinski definition) is 2. The molecule has 1 aliphatic heterocycles. The first-order valence-electron chi connectivity index (χ1n) is 8.22. The topological polar surface area (TPSA) is 95.3 Å². The van der Waals surface area contributed by atoms with E-state index in [0.29, 0.717) is 46.1 Å². The quantitative estimate of drug-likeness (QED) is 0.647. The van der Waals surface area contributed by atoms with Gasteiger partial charge in [0.1, 0.15) is 5.65 Å². The maximum Gasteiger partial charge on any atom is 0.257 e. The Morgan fingerprint density at radius 1 is 1.16 bits per heavy atom. The fourth-order valence-electron chi connectivity index (χ4n) is 3.30. The van der Waals surface area contributed by atoms with Crippen molar-refractivity contribution in [3.8, 4) is 0 Å². The van der Waals surface area contributed by atoms with Gasteiger partial charge in [0, 0.05) is 59.8 Å². The van der Waals surface area contributed by atoms with Gasteiger partial charge in [0.05, 0.1) is 0 Å². The van der Waals surface area contributed by atoms with E-state index < -0.39 is 0 Å². The fraction of sp³-hybridized carbons (Fsp3) is 0.278. The number of aromatic amines is 1. The molecule has 4 rings (SSSR count). The first-order valence-corrected chi connectivity index (χ1v) is 8.22. The number of piperazine rings is 1. The van der Waals surface area contributed by atoms with Gasteiger partial charge >= 0.3 is 0 Å². The van der Waals surface area contributed by atoms with Crippen molar-refractivity contribution in [2.24, 2.45) is 0 Å². The number of likely N-dealkylation sites (N-methyl/N-ethyl adjacent to an activating group) is 1. The summed E-state index contributed by atoms with van der Waals surface area (Å²) in [6.07, 6.45) is 1.55. The van der Waals surface area contributed by atoms with Crippen LogP contribution in [0.1, 0.15) is 10.4 Å². The van der Waals surface area contributed by atoms with Crippen molar-refractivity contribution in [2.75, 3.05) is 39.0 Å². The smallest absolute Gasteiger partial charge is 0.257 e. The number of nitrogens with two attached hydrogens (primary N) is 1. The monoisotopic (exact) mass is 337 g/mol. The first-order chi connectivity index (χ1) is 12.0. The zero-order valence-electron chi connectivity index (χ0n) is 14.0. The molecule has 3 aromatic rings. The van der Waals surface area contributed by atoms with Gasteiger partial charge in [0.2, 0.25) is 0 Å². The van der Waals surface area contributed by atoms with E-state index >= 15 is 0 Å². The van der Waals surface area contributed by atoms with E-state index in [0.717, 1.165) is 13.1 Å². The van der Waals surface area contributed by atoms with E-state index in [1.165, 1.54) is 0 Å². The Hall–Kier alpha value is -2.93. The Morgan fingerprint density at radius 2 is 1.92 bits per heavy atom. The lowest BCUT2D eigenvalue weighted by Crippen LogP contribution is -2.47. The lowest BCUT2D eigenvalue weighted by Gasteiger charge is -2.32. The molecule has 1 aromatic carbocycles. The second kappa shape index (κ2) is 5.86. The van der Waals surface area contributed by atoms with Crippen LogP contribution in [0, 0.1) is 0 Å². The molecule has 1 aliphatic rings. The molecule has 3 N–H and O–H groups in total. The molecule has 0 unspecified atom stereocenters. The molecule has 128 valence electrons. The minimum Gasteiger partial charge on any atom is -0.398 e. The zero-order valence-corrected chi connectivity index (χ0v) is 14.0. The van der Waals surface area contributed by atoms with Gasteiger partial charge in [-0.3, -0.25) is 9.59 Å². The number of H-pyrrole nitrogens is 1. The van der Waals surface area contributed by atoms with Gasteiger partial charge in [-0.15, -0.1) is 0 Å². The van der Waals surface area contributed by atoms with Gasteiger partial charge in [-0.2, -0.15) is 0 Å². The summed E-state index contributed by atoms with van der Waals surface area (Å²) in [5.74, 6) is -0.0223. The summed E-state index contributed by atoms with van der Waals surface area (Å²) >= 11 is 0. The Kier molecular flexibility index (Phi) is 3.65. The van der Waals surface area contributed by atoms with E-state index in [2.05, 4.69) is 14.9 Å². The van der Waals surface area contributed by atoms with Crippen LogP contribution < -0.4 is 11.3 Å². The van der Waals surface area contributed by atoms with Crippen molar-refractivity contribution in [3.63, 3.8) is 0 Å². The van der Waals surface area contributed by atoms with E-state index in [-0.39, 0.29) is 11.5 Å². The van der Waals surface area contributed by atoms with Crippen LogP contribution in [0.15, 0.2) is 35.3 Å². The van der Waals surface area contributed by atoms with Gasteiger partial charge < -0.3 is 20.5 Å². The number of anilines is 1. The molecule has 1 amide bonds.